The van der Waals surface area contributed by atoms with Crippen LogP contribution in [0.1, 0.15) is 25.3 Å². The van der Waals surface area contributed by atoms with Crippen molar-refractivity contribution < 1.29 is 4.74 Å². The summed E-state index contributed by atoms with van der Waals surface area (Å²) >= 11 is 0. The van der Waals surface area contributed by atoms with Crippen molar-refractivity contribution in [2.45, 2.75) is 26.3 Å². The fraction of sp³-hybridized carbons (Fsp3) is 0.562. The highest BCUT2D eigenvalue weighted by molar-refractivity contribution is 14.0. The van der Waals surface area contributed by atoms with Crippen LogP contribution in [0.5, 0.6) is 0 Å². The van der Waals surface area contributed by atoms with Crippen molar-refractivity contribution >= 4 is 29.9 Å². The SMILES string of the molecule is CCCCOCCNC(=NCc1ccccc1)N(C)C.I. The number of ether oxygens (including phenoxy) is 1. The number of hydrogen-bond acceptors (Lipinski definition) is 2. The Bertz CT molecular complexity index is 382. The van der Waals surface area contributed by atoms with Crippen LogP contribution in [0.3, 0.4) is 0 Å². The van der Waals surface area contributed by atoms with E-state index < -0.39 is 0 Å². The fourth-order valence-electron chi connectivity index (χ4n) is 1.69. The van der Waals surface area contributed by atoms with Gasteiger partial charge in [-0.05, 0) is 12.0 Å². The minimum atomic E-state index is 0. The van der Waals surface area contributed by atoms with Crippen LogP contribution in [0, 0.1) is 0 Å². The molecule has 0 saturated carbocycles. The number of aliphatic imine (C=N–C) groups is 1. The topological polar surface area (TPSA) is 36.9 Å². The number of benzene rings is 1. The van der Waals surface area contributed by atoms with E-state index in [-0.39, 0.29) is 24.0 Å². The first-order chi connectivity index (χ1) is 9.74. The molecule has 0 heterocycles. The van der Waals surface area contributed by atoms with Crippen LogP contribution in [0.15, 0.2) is 35.3 Å². The maximum Gasteiger partial charge on any atom is 0.193 e. The molecule has 4 nitrogen and oxygen atoms in total. The number of unbranched alkanes of at least 4 members (excludes halogenated alkanes) is 1. The summed E-state index contributed by atoms with van der Waals surface area (Å²) in [5.41, 5.74) is 1.22. The smallest absolute Gasteiger partial charge is 0.193 e. The minimum absolute atomic E-state index is 0. The molecule has 0 aliphatic heterocycles. The predicted molar refractivity (Wildman–Crippen MR) is 100 cm³/mol. The highest BCUT2D eigenvalue weighted by Crippen LogP contribution is 2.00. The third-order valence-electron chi connectivity index (χ3n) is 2.85. The third kappa shape index (κ3) is 9.68. The quantitative estimate of drug-likeness (QED) is 0.313. The van der Waals surface area contributed by atoms with Gasteiger partial charge in [-0.3, -0.25) is 0 Å². The molecule has 1 N–H and O–H groups in total. The highest BCUT2D eigenvalue weighted by Gasteiger charge is 2.00. The molecule has 0 aromatic heterocycles. The molecule has 0 aliphatic carbocycles. The molecule has 0 amide bonds. The van der Waals surface area contributed by atoms with E-state index >= 15 is 0 Å². The van der Waals surface area contributed by atoms with Crippen molar-refractivity contribution in [3.8, 4) is 0 Å². The van der Waals surface area contributed by atoms with Crippen molar-refractivity contribution in [1.29, 1.82) is 0 Å². The van der Waals surface area contributed by atoms with Gasteiger partial charge in [0.05, 0.1) is 13.2 Å². The van der Waals surface area contributed by atoms with E-state index in [0.717, 1.165) is 32.1 Å². The average molecular weight is 405 g/mol. The Morgan fingerprint density at radius 1 is 1.19 bits per heavy atom. The summed E-state index contributed by atoms with van der Waals surface area (Å²) < 4.78 is 5.53. The van der Waals surface area contributed by atoms with Gasteiger partial charge in [0.2, 0.25) is 0 Å². The maximum atomic E-state index is 5.53. The van der Waals surface area contributed by atoms with Crippen molar-refractivity contribution in [3.05, 3.63) is 35.9 Å². The molecule has 21 heavy (non-hydrogen) atoms. The van der Waals surface area contributed by atoms with E-state index in [1.807, 2.05) is 37.2 Å². The molecule has 1 aromatic rings. The molecular weight excluding hydrogens is 377 g/mol. The lowest BCUT2D eigenvalue weighted by Gasteiger charge is -2.17. The van der Waals surface area contributed by atoms with E-state index in [1.54, 1.807) is 0 Å². The fourth-order valence-corrected chi connectivity index (χ4v) is 1.69. The summed E-state index contributed by atoms with van der Waals surface area (Å²) in [6, 6.07) is 10.3. The summed E-state index contributed by atoms with van der Waals surface area (Å²) in [6.45, 7) is 5.21. The highest BCUT2D eigenvalue weighted by atomic mass is 127. The first-order valence-corrected chi connectivity index (χ1v) is 7.31. The van der Waals surface area contributed by atoms with E-state index in [0.29, 0.717) is 6.54 Å². The lowest BCUT2D eigenvalue weighted by molar-refractivity contribution is 0.135. The van der Waals surface area contributed by atoms with Gasteiger partial charge >= 0.3 is 0 Å². The van der Waals surface area contributed by atoms with Crippen LogP contribution in [-0.4, -0.2) is 44.7 Å². The first kappa shape index (κ1) is 20.2. The molecule has 5 heteroatoms. The predicted octanol–water partition coefficient (Wildman–Crippen LogP) is 3.13. The van der Waals surface area contributed by atoms with Crippen molar-refractivity contribution in [2.24, 2.45) is 4.99 Å². The van der Waals surface area contributed by atoms with Gasteiger partial charge in [0.25, 0.3) is 0 Å². The zero-order valence-electron chi connectivity index (χ0n) is 13.3. The Labute approximate surface area is 146 Å². The van der Waals surface area contributed by atoms with Crippen molar-refractivity contribution in [3.63, 3.8) is 0 Å². The van der Waals surface area contributed by atoms with Gasteiger partial charge in [0.15, 0.2) is 5.96 Å². The second kappa shape index (κ2) is 12.9. The number of halogens is 1. The van der Waals surface area contributed by atoms with E-state index in [2.05, 4.69) is 29.4 Å². The summed E-state index contributed by atoms with van der Waals surface area (Å²) in [5.74, 6) is 0.896. The molecule has 0 bridgehead atoms. The molecule has 0 atom stereocenters. The Morgan fingerprint density at radius 3 is 2.52 bits per heavy atom. The number of rotatable bonds is 8. The number of guanidine groups is 1. The minimum Gasteiger partial charge on any atom is -0.380 e. The molecular formula is C16H28IN3O. The van der Waals surface area contributed by atoms with Gasteiger partial charge in [-0.25, -0.2) is 4.99 Å². The molecule has 0 aliphatic rings. The van der Waals surface area contributed by atoms with Crippen LogP contribution in [0.2, 0.25) is 0 Å². The standard InChI is InChI=1S/C16H27N3O.HI/c1-4-5-12-20-13-11-17-16(19(2)3)18-14-15-9-7-6-8-10-15;/h6-10H,4-5,11-14H2,1-3H3,(H,17,18);1H. The molecule has 120 valence electrons. The second-order valence-corrected chi connectivity index (χ2v) is 4.91. The van der Waals surface area contributed by atoms with Crippen LogP contribution in [0.4, 0.5) is 0 Å². The monoisotopic (exact) mass is 405 g/mol. The Kier molecular flexibility index (Phi) is 12.4. The number of nitrogens with zero attached hydrogens (tertiary/aromatic N) is 2. The van der Waals surface area contributed by atoms with Crippen LogP contribution in [0.25, 0.3) is 0 Å². The second-order valence-electron chi connectivity index (χ2n) is 4.91. The first-order valence-electron chi connectivity index (χ1n) is 7.31. The molecule has 1 rings (SSSR count). The summed E-state index contributed by atoms with van der Waals surface area (Å²) in [4.78, 5) is 6.60. The van der Waals surface area contributed by atoms with E-state index in [4.69, 9.17) is 4.74 Å². The average Bonchev–Trinajstić information content (AvgIpc) is 2.46. The number of hydrogen-bond donors (Lipinski definition) is 1. The van der Waals surface area contributed by atoms with Crippen molar-refractivity contribution in [2.75, 3.05) is 33.9 Å². The van der Waals surface area contributed by atoms with E-state index in [9.17, 15) is 0 Å². The van der Waals surface area contributed by atoms with Gasteiger partial charge in [-0.2, -0.15) is 0 Å². The zero-order valence-corrected chi connectivity index (χ0v) is 15.7. The molecule has 0 fully saturated rings. The molecule has 0 saturated heterocycles. The van der Waals surface area contributed by atoms with Crippen LogP contribution >= 0.6 is 24.0 Å². The van der Waals surface area contributed by atoms with Gasteiger partial charge in [0, 0.05) is 27.2 Å². The molecule has 0 unspecified atom stereocenters. The normalized spacial score (nSPS) is 10.9. The van der Waals surface area contributed by atoms with Gasteiger partial charge < -0.3 is 15.0 Å². The molecule has 1 aromatic carbocycles. The van der Waals surface area contributed by atoms with Gasteiger partial charge in [0.1, 0.15) is 0 Å². The van der Waals surface area contributed by atoms with Gasteiger partial charge in [-0.15, -0.1) is 24.0 Å². The third-order valence-corrected chi connectivity index (χ3v) is 2.85. The Balaban J connectivity index is 0.00000400. The summed E-state index contributed by atoms with van der Waals surface area (Å²) in [6.07, 6.45) is 2.30. The summed E-state index contributed by atoms with van der Waals surface area (Å²) in [7, 11) is 3.99. The molecule has 0 radical (unpaired) electrons. The van der Waals surface area contributed by atoms with Gasteiger partial charge in [-0.1, -0.05) is 43.7 Å². The zero-order chi connectivity index (χ0) is 14.6. The van der Waals surface area contributed by atoms with Crippen LogP contribution < -0.4 is 5.32 Å². The lowest BCUT2D eigenvalue weighted by Crippen LogP contribution is -2.38. The van der Waals surface area contributed by atoms with Crippen molar-refractivity contribution in [1.82, 2.24) is 10.2 Å². The Hall–Kier alpha value is -0.820. The molecule has 0 spiro atoms. The Morgan fingerprint density at radius 2 is 1.90 bits per heavy atom. The van der Waals surface area contributed by atoms with E-state index in [1.165, 1.54) is 12.0 Å². The maximum absolute atomic E-state index is 5.53. The lowest BCUT2D eigenvalue weighted by atomic mass is 10.2. The largest absolute Gasteiger partial charge is 0.380 e. The summed E-state index contributed by atoms with van der Waals surface area (Å²) in [5, 5.41) is 3.32. The van der Waals surface area contributed by atoms with Crippen LogP contribution in [-0.2, 0) is 11.3 Å². The number of nitrogens with one attached hydrogen (secondary N) is 1.